The molecule has 0 saturated heterocycles. The van der Waals surface area contributed by atoms with Gasteiger partial charge in [0.25, 0.3) is 0 Å². The molecule has 1 heterocycles. The highest BCUT2D eigenvalue weighted by Gasteiger charge is 2.15. The number of hydrogen-bond acceptors (Lipinski definition) is 3. The molecule has 4 nitrogen and oxygen atoms in total. The topological polar surface area (TPSA) is 57.8 Å². The zero-order valence-corrected chi connectivity index (χ0v) is 15.6. The van der Waals surface area contributed by atoms with Gasteiger partial charge in [0.15, 0.2) is 0 Å². The Morgan fingerprint density at radius 2 is 1.88 bits per heavy atom. The molecule has 5 heteroatoms. The van der Waals surface area contributed by atoms with Gasteiger partial charge in [-0.25, -0.2) is 4.98 Å². The third kappa shape index (κ3) is 4.23. The van der Waals surface area contributed by atoms with Gasteiger partial charge in [-0.2, -0.15) is 0 Å². The summed E-state index contributed by atoms with van der Waals surface area (Å²) in [5.41, 5.74) is 4.34. The predicted octanol–water partition coefficient (Wildman–Crippen LogP) is 4.54. The van der Waals surface area contributed by atoms with E-state index in [2.05, 4.69) is 41.3 Å². The number of carbonyl (C=O) groups is 1. The first kappa shape index (κ1) is 17.5. The van der Waals surface area contributed by atoms with Crippen LogP contribution in [0.3, 0.4) is 0 Å². The molecule has 130 valence electrons. The number of aromatic amines is 1. The summed E-state index contributed by atoms with van der Waals surface area (Å²) < 4.78 is 0. The fourth-order valence-corrected chi connectivity index (χ4v) is 3.63. The molecule has 1 aromatic heterocycles. The smallest absolute Gasteiger partial charge is 0.230 e. The lowest BCUT2D eigenvalue weighted by atomic mass is 10.0. The van der Waals surface area contributed by atoms with Crippen LogP contribution < -0.4 is 5.32 Å². The number of nitrogens with one attached hydrogen (secondary N) is 2. The first-order chi connectivity index (χ1) is 12.0. The van der Waals surface area contributed by atoms with Crippen LogP contribution in [-0.4, -0.2) is 21.6 Å². The van der Waals surface area contributed by atoms with Crippen LogP contribution in [0.25, 0.3) is 11.0 Å². The molecule has 3 aromatic rings. The van der Waals surface area contributed by atoms with Gasteiger partial charge in [0, 0.05) is 0 Å². The fourth-order valence-electron chi connectivity index (χ4n) is 2.88. The molecule has 2 N–H and O–H groups in total. The molecule has 2 aromatic carbocycles. The molecule has 3 rings (SSSR count). The lowest BCUT2D eigenvalue weighted by Gasteiger charge is -2.17. The molecule has 0 bridgehead atoms. The van der Waals surface area contributed by atoms with Crippen LogP contribution in [0, 0.1) is 6.92 Å². The molecule has 0 fully saturated rings. The van der Waals surface area contributed by atoms with Crippen LogP contribution in [0.5, 0.6) is 0 Å². The van der Waals surface area contributed by atoms with E-state index < -0.39 is 0 Å². The van der Waals surface area contributed by atoms with Crippen molar-refractivity contribution in [2.24, 2.45) is 0 Å². The summed E-state index contributed by atoms with van der Waals surface area (Å²) in [6.07, 6.45) is 0. The number of thioether (sulfide) groups is 1. The van der Waals surface area contributed by atoms with E-state index in [1.165, 1.54) is 5.56 Å². The number of nitrogens with zero attached hydrogens (tertiary/aromatic N) is 1. The van der Waals surface area contributed by atoms with Gasteiger partial charge in [-0.05, 0) is 44.0 Å². The summed E-state index contributed by atoms with van der Waals surface area (Å²) in [4.78, 5) is 20.2. The number of carbonyl (C=O) groups excluding carboxylic acids is 1. The van der Waals surface area contributed by atoms with Crippen molar-refractivity contribution in [3.05, 3.63) is 65.5 Å². The summed E-state index contributed by atoms with van der Waals surface area (Å²) in [6, 6.07) is 16.1. The number of para-hydroxylation sites is 2. The molecular formula is C20H23N3OS. The van der Waals surface area contributed by atoms with Crippen molar-refractivity contribution in [3.63, 3.8) is 0 Å². The number of fused-ring (bicyclic) bond motifs is 1. The Morgan fingerprint density at radius 3 is 2.64 bits per heavy atom. The Bertz CT molecular complexity index is 841. The quantitative estimate of drug-likeness (QED) is 0.684. The van der Waals surface area contributed by atoms with E-state index in [1.54, 1.807) is 11.8 Å². The van der Waals surface area contributed by atoms with E-state index >= 15 is 0 Å². The predicted molar refractivity (Wildman–Crippen MR) is 105 cm³/mol. The van der Waals surface area contributed by atoms with Crippen molar-refractivity contribution in [2.75, 3.05) is 5.75 Å². The Labute approximate surface area is 152 Å². The van der Waals surface area contributed by atoms with Crippen molar-refractivity contribution < 1.29 is 4.79 Å². The second-order valence-electron chi connectivity index (χ2n) is 6.24. The van der Waals surface area contributed by atoms with E-state index in [1.807, 2.05) is 43.3 Å². The van der Waals surface area contributed by atoms with Crippen LogP contribution in [0.1, 0.15) is 42.1 Å². The standard InChI is InChI=1S/C20H23N3OS/c1-13-8-4-5-9-16(13)14(2)21-19(24)12-25-15(3)20-22-17-10-6-7-11-18(17)23-20/h4-11,14-15H,12H2,1-3H3,(H,21,24)(H,22,23). The molecule has 0 aliphatic rings. The highest BCUT2D eigenvalue weighted by atomic mass is 32.2. The average Bonchev–Trinajstić information content (AvgIpc) is 3.04. The average molecular weight is 353 g/mol. The Hall–Kier alpha value is -2.27. The van der Waals surface area contributed by atoms with E-state index in [0.717, 1.165) is 22.4 Å². The van der Waals surface area contributed by atoms with Crippen LogP contribution in [0.2, 0.25) is 0 Å². The first-order valence-corrected chi connectivity index (χ1v) is 9.50. The van der Waals surface area contributed by atoms with Crippen LogP contribution in [-0.2, 0) is 4.79 Å². The van der Waals surface area contributed by atoms with E-state index in [9.17, 15) is 4.79 Å². The van der Waals surface area contributed by atoms with Gasteiger partial charge in [-0.15, -0.1) is 11.8 Å². The molecule has 25 heavy (non-hydrogen) atoms. The number of aromatic nitrogens is 2. The molecule has 0 saturated carbocycles. The first-order valence-electron chi connectivity index (χ1n) is 8.45. The maximum absolute atomic E-state index is 12.3. The van der Waals surface area contributed by atoms with Gasteiger partial charge >= 0.3 is 0 Å². The number of hydrogen-bond donors (Lipinski definition) is 2. The number of rotatable bonds is 6. The van der Waals surface area contributed by atoms with Crippen molar-refractivity contribution in [2.45, 2.75) is 32.1 Å². The molecule has 0 aliphatic heterocycles. The van der Waals surface area contributed by atoms with E-state index in [-0.39, 0.29) is 17.2 Å². The highest BCUT2D eigenvalue weighted by molar-refractivity contribution is 8.00. The monoisotopic (exact) mass is 353 g/mol. The van der Waals surface area contributed by atoms with Crippen molar-refractivity contribution in [3.8, 4) is 0 Å². The minimum Gasteiger partial charge on any atom is -0.349 e. The molecule has 1 amide bonds. The molecule has 0 aliphatic carbocycles. The van der Waals surface area contributed by atoms with Crippen LogP contribution in [0.15, 0.2) is 48.5 Å². The third-order valence-electron chi connectivity index (χ3n) is 4.29. The van der Waals surface area contributed by atoms with Gasteiger partial charge in [0.1, 0.15) is 5.82 Å². The normalized spacial score (nSPS) is 13.6. The van der Waals surface area contributed by atoms with E-state index in [4.69, 9.17) is 0 Å². The Kier molecular flexibility index (Phi) is 5.43. The molecule has 2 atom stereocenters. The van der Waals surface area contributed by atoms with Crippen molar-refractivity contribution in [1.29, 1.82) is 0 Å². The Morgan fingerprint density at radius 1 is 1.16 bits per heavy atom. The fraction of sp³-hybridized carbons (Fsp3) is 0.300. The zero-order chi connectivity index (χ0) is 17.8. The lowest BCUT2D eigenvalue weighted by molar-refractivity contribution is -0.119. The molecule has 2 unspecified atom stereocenters. The summed E-state index contributed by atoms with van der Waals surface area (Å²) in [7, 11) is 0. The molecular weight excluding hydrogens is 330 g/mol. The summed E-state index contributed by atoms with van der Waals surface area (Å²) >= 11 is 1.59. The summed E-state index contributed by atoms with van der Waals surface area (Å²) in [5.74, 6) is 1.36. The van der Waals surface area contributed by atoms with Crippen molar-refractivity contribution >= 4 is 28.7 Å². The number of benzene rings is 2. The summed E-state index contributed by atoms with van der Waals surface area (Å²) in [5, 5.41) is 3.21. The molecule has 0 spiro atoms. The Balaban J connectivity index is 1.55. The number of amides is 1. The SMILES string of the molecule is Cc1ccccc1C(C)NC(=O)CSC(C)c1nc2ccccc2[nH]1. The zero-order valence-electron chi connectivity index (χ0n) is 14.7. The largest absolute Gasteiger partial charge is 0.349 e. The van der Waals surface area contributed by atoms with Gasteiger partial charge in [-0.3, -0.25) is 4.79 Å². The minimum absolute atomic E-state index is 0.0100. The van der Waals surface area contributed by atoms with Crippen molar-refractivity contribution in [1.82, 2.24) is 15.3 Å². The number of aryl methyl sites for hydroxylation is 1. The summed E-state index contributed by atoms with van der Waals surface area (Å²) in [6.45, 7) is 6.16. The van der Waals surface area contributed by atoms with Crippen LogP contribution in [0.4, 0.5) is 0 Å². The second kappa shape index (κ2) is 7.74. The van der Waals surface area contributed by atoms with Gasteiger partial charge in [-0.1, -0.05) is 36.4 Å². The maximum atomic E-state index is 12.3. The van der Waals surface area contributed by atoms with Gasteiger partial charge in [0.2, 0.25) is 5.91 Å². The van der Waals surface area contributed by atoms with Crippen LogP contribution >= 0.6 is 11.8 Å². The molecule has 0 radical (unpaired) electrons. The van der Waals surface area contributed by atoms with Gasteiger partial charge < -0.3 is 10.3 Å². The second-order valence-corrected chi connectivity index (χ2v) is 7.57. The third-order valence-corrected chi connectivity index (χ3v) is 5.44. The minimum atomic E-state index is 0.0100. The maximum Gasteiger partial charge on any atom is 0.230 e. The number of imidazole rings is 1. The lowest BCUT2D eigenvalue weighted by Crippen LogP contribution is -2.28. The van der Waals surface area contributed by atoms with E-state index in [0.29, 0.717) is 5.75 Å². The highest BCUT2D eigenvalue weighted by Crippen LogP contribution is 2.27. The number of H-pyrrole nitrogens is 1. The van der Waals surface area contributed by atoms with Gasteiger partial charge in [0.05, 0.1) is 28.1 Å².